The van der Waals surface area contributed by atoms with E-state index in [2.05, 4.69) is 72.1 Å². The van der Waals surface area contributed by atoms with Gasteiger partial charge in [0.2, 0.25) is 0 Å². The zero-order chi connectivity index (χ0) is 12.4. The van der Waals surface area contributed by atoms with E-state index in [4.69, 9.17) is 0 Å². The van der Waals surface area contributed by atoms with Gasteiger partial charge in [-0.2, -0.15) is 0 Å². The molecule has 1 unspecified atom stereocenters. The SMILES string of the molecule is CCC1(N2C=Cc3ccccc3S2)C=CC=CC1. The van der Waals surface area contributed by atoms with Crippen LogP contribution in [-0.2, 0) is 0 Å². The molecule has 2 aliphatic rings. The van der Waals surface area contributed by atoms with Crippen LogP contribution in [0.1, 0.15) is 25.3 Å². The molecule has 0 saturated carbocycles. The van der Waals surface area contributed by atoms with E-state index in [1.54, 1.807) is 0 Å². The van der Waals surface area contributed by atoms with E-state index in [1.807, 2.05) is 11.9 Å². The first-order chi connectivity index (χ1) is 8.84. The summed E-state index contributed by atoms with van der Waals surface area (Å²) in [6, 6.07) is 8.57. The third-order valence-electron chi connectivity index (χ3n) is 3.68. The monoisotopic (exact) mass is 255 g/mol. The Hall–Kier alpha value is -1.41. The van der Waals surface area contributed by atoms with Gasteiger partial charge in [-0.1, -0.05) is 49.4 Å². The fourth-order valence-corrected chi connectivity index (χ4v) is 3.62. The average Bonchev–Trinajstić information content (AvgIpc) is 2.47. The smallest absolute Gasteiger partial charge is 0.0726 e. The van der Waals surface area contributed by atoms with Crippen LogP contribution in [0.5, 0.6) is 0 Å². The molecule has 0 saturated heterocycles. The lowest BCUT2D eigenvalue weighted by Gasteiger charge is -2.41. The predicted octanol–water partition coefficient (Wildman–Crippen LogP) is 4.64. The molecule has 0 aromatic heterocycles. The second-order valence-electron chi connectivity index (χ2n) is 4.72. The number of allylic oxidation sites excluding steroid dienone is 2. The van der Waals surface area contributed by atoms with Crippen LogP contribution in [0.4, 0.5) is 0 Å². The molecule has 0 amide bonds. The highest BCUT2D eigenvalue weighted by molar-refractivity contribution is 7.97. The standard InChI is InChI=1S/C16H17NS/c1-2-16(11-6-3-7-12-16)17-13-10-14-8-4-5-9-15(14)18-17/h3-11,13H,2,12H2,1H3. The molecule has 1 nitrogen and oxygen atoms in total. The number of rotatable bonds is 2. The Morgan fingerprint density at radius 1 is 1.28 bits per heavy atom. The zero-order valence-electron chi connectivity index (χ0n) is 10.5. The van der Waals surface area contributed by atoms with Crippen molar-refractivity contribution >= 4 is 18.0 Å². The Kier molecular flexibility index (Phi) is 3.04. The van der Waals surface area contributed by atoms with Crippen LogP contribution < -0.4 is 0 Å². The molecule has 1 aromatic rings. The molecule has 1 atom stereocenters. The lowest BCUT2D eigenvalue weighted by atomic mass is 9.88. The van der Waals surface area contributed by atoms with Crippen molar-refractivity contribution in [1.82, 2.24) is 4.31 Å². The number of nitrogens with zero attached hydrogens (tertiary/aromatic N) is 1. The largest absolute Gasteiger partial charge is 0.309 e. The highest BCUT2D eigenvalue weighted by atomic mass is 32.2. The molecule has 18 heavy (non-hydrogen) atoms. The third kappa shape index (κ3) is 1.91. The molecule has 92 valence electrons. The zero-order valence-corrected chi connectivity index (χ0v) is 11.4. The summed E-state index contributed by atoms with van der Waals surface area (Å²) in [5, 5.41) is 0. The van der Waals surface area contributed by atoms with E-state index in [0.717, 1.165) is 12.8 Å². The second kappa shape index (κ2) is 4.69. The third-order valence-corrected chi connectivity index (χ3v) is 4.93. The van der Waals surface area contributed by atoms with Crippen molar-refractivity contribution in [1.29, 1.82) is 0 Å². The molecule has 1 aliphatic carbocycles. The molecule has 3 rings (SSSR count). The maximum absolute atomic E-state index is 2.40. The Morgan fingerprint density at radius 3 is 2.94 bits per heavy atom. The van der Waals surface area contributed by atoms with E-state index < -0.39 is 0 Å². The normalized spacial score (nSPS) is 25.3. The summed E-state index contributed by atoms with van der Waals surface area (Å²) in [6.07, 6.45) is 15.5. The van der Waals surface area contributed by atoms with Gasteiger partial charge in [0.25, 0.3) is 0 Å². The van der Waals surface area contributed by atoms with Gasteiger partial charge in [-0.25, -0.2) is 0 Å². The minimum absolute atomic E-state index is 0.128. The van der Waals surface area contributed by atoms with E-state index in [0.29, 0.717) is 0 Å². The first-order valence-corrected chi connectivity index (χ1v) is 7.20. The Bertz CT molecular complexity index is 530. The van der Waals surface area contributed by atoms with Crippen molar-refractivity contribution in [2.45, 2.75) is 30.2 Å². The van der Waals surface area contributed by atoms with Crippen molar-refractivity contribution in [3.63, 3.8) is 0 Å². The van der Waals surface area contributed by atoms with Crippen molar-refractivity contribution in [2.75, 3.05) is 0 Å². The minimum Gasteiger partial charge on any atom is -0.309 e. The Morgan fingerprint density at radius 2 is 2.17 bits per heavy atom. The van der Waals surface area contributed by atoms with Gasteiger partial charge in [-0.15, -0.1) is 0 Å². The molecule has 0 N–H and O–H groups in total. The van der Waals surface area contributed by atoms with Crippen LogP contribution in [0.3, 0.4) is 0 Å². The average molecular weight is 255 g/mol. The summed E-state index contributed by atoms with van der Waals surface area (Å²) < 4.78 is 2.40. The summed E-state index contributed by atoms with van der Waals surface area (Å²) in [4.78, 5) is 1.34. The lowest BCUT2D eigenvalue weighted by Crippen LogP contribution is -2.40. The highest BCUT2D eigenvalue weighted by Gasteiger charge is 2.32. The molecule has 0 radical (unpaired) electrons. The van der Waals surface area contributed by atoms with Gasteiger partial charge < -0.3 is 4.31 Å². The van der Waals surface area contributed by atoms with Crippen LogP contribution in [-0.4, -0.2) is 9.84 Å². The van der Waals surface area contributed by atoms with Crippen molar-refractivity contribution < 1.29 is 0 Å². The Labute approximate surface area is 113 Å². The number of benzene rings is 1. The van der Waals surface area contributed by atoms with Crippen molar-refractivity contribution in [3.8, 4) is 0 Å². The maximum Gasteiger partial charge on any atom is 0.0726 e. The quantitative estimate of drug-likeness (QED) is 0.708. The van der Waals surface area contributed by atoms with Gasteiger partial charge in [0.05, 0.1) is 5.54 Å². The van der Waals surface area contributed by atoms with Crippen LogP contribution in [0.25, 0.3) is 6.08 Å². The minimum atomic E-state index is 0.128. The van der Waals surface area contributed by atoms with Crippen LogP contribution >= 0.6 is 11.9 Å². The second-order valence-corrected chi connectivity index (χ2v) is 5.73. The number of hydrogen-bond donors (Lipinski definition) is 0. The number of fused-ring (bicyclic) bond motifs is 1. The topological polar surface area (TPSA) is 3.24 Å². The molecule has 1 aromatic carbocycles. The first-order valence-electron chi connectivity index (χ1n) is 6.43. The van der Waals surface area contributed by atoms with E-state index in [1.165, 1.54) is 10.5 Å². The fraction of sp³-hybridized carbons (Fsp3) is 0.250. The van der Waals surface area contributed by atoms with Crippen molar-refractivity contribution in [2.24, 2.45) is 0 Å². The van der Waals surface area contributed by atoms with Gasteiger partial charge in [0, 0.05) is 11.1 Å². The molecule has 1 aliphatic heterocycles. The van der Waals surface area contributed by atoms with Gasteiger partial charge in [0.1, 0.15) is 0 Å². The Balaban J connectivity index is 1.92. The van der Waals surface area contributed by atoms with Gasteiger partial charge in [0.15, 0.2) is 0 Å². The summed E-state index contributed by atoms with van der Waals surface area (Å²) in [7, 11) is 0. The molecule has 0 spiro atoms. The van der Waals surface area contributed by atoms with Crippen molar-refractivity contribution in [3.05, 3.63) is 60.3 Å². The predicted molar refractivity (Wildman–Crippen MR) is 79.1 cm³/mol. The molecule has 1 heterocycles. The van der Waals surface area contributed by atoms with Crippen LogP contribution in [0.2, 0.25) is 0 Å². The van der Waals surface area contributed by atoms with Gasteiger partial charge in [-0.3, -0.25) is 0 Å². The van der Waals surface area contributed by atoms with E-state index in [9.17, 15) is 0 Å². The molecular weight excluding hydrogens is 238 g/mol. The summed E-state index contributed by atoms with van der Waals surface area (Å²) >= 11 is 1.85. The van der Waals surface area contributed by atoms with E-state index in [-0.39, 0.29) is 5.54 Å². The van der Waals surface area contributed by atoms with E-state index >= 15 is 0 Å². The summed E-state index contributed by atoms with van der Waals surface area (Å²) in [5.41, 5.74) is 1.45. The maximum atomic E-state index is 2.40. The number of hydrogen-bond acceptors (Lipinski definition) is 2. The van der Waals surface area contributed by atoms with Gasteiger partial charge in [-0.05, 0) is 42.5 Å². The lowest BCUT2D eigenvalue weighted by molar-refractivity contribution is 0.319. The molecular formula is C16H17NS. The summed E-state index contributed by atoms with van der Waals surface area (Å²) in [5.74, 6) is 0. The first kappa shape index (κ1) is 11.7. The molecule has 0 bridgehead atoms. The fourth-order valence-electron chi connectivity index (χ4n) is 2.46. The summed E-state index contributed by atoms with van der Waals surface area (Å²) in [6.45, 7) is 2.26. The molecule has 2 heteroatoms. The van der Waals surface area contributed by atoms with Gasteiger partial charge >= 0.3 is 0 Å². The van der Waals surface area contributed by atoms with Crippen LogP contribution in [0, 0.1) is 0 Å². The van der Waals surface area contributed by atoms with Crippen LogP contribution in [0.15, 0.2) is 59.7 Å². The highest BCUT2D eigenvalue weighted by Crippen LogP contribution is 2.41. The molecule has 0 fully saturated rings.